The van der Waals surface area contributed by atoms with E-state index in [-0.39, 0.29) is 23.1 Å². The first-order valence-electron chi connectivity index (χ1n) is 12.1. The maximum atomic E-state index is 14.3. The van der Waals surface area contributed by atoms with Gasteiger partial charge in [0.1, 0.15) is 5.56 Å². The van der Waals surface area contributed by atoms with Crippen LogP contribution in [-0.4, -0.2) is 54.0 Å². The van der Waals surface area contributed by atoms with Gasteiger partial charge in [0, 0.05) is 44.5 Å². The molecule has 35 heavy (non-hydrogen) atoms. The van der Waals surface area contributed by atoms with Gasteiger partial charge >= 0.3 is 6.18 Å². The summed E-state index contributed by atoms with van der Waals surface area (Å²) in [5.74, 6) is -1.20. The predicted molar refractivity (Wildman–Crippen MR) is 121 cm³/mol. The van der Waals surface area contributed by atoms with Gasteiger partial charge in [-0.1, -0.05) is 0 Å². The van der Waals surface area contributed by atoms with Crippen LogP contribution in [0.25, 0.3) is 11.3 Å². The standard InChI is InChI=1S/C25H29F5N4O/c1-14-6-19(23(27)21(26)7-14)22-10-20(25(28,29)30)24(33-32-22)31-18-8-16-12-34(13-17(16)9-18)11-15-2-4-35-5-3-15/h6-7,10,15-18H,2-5,8-9,11-13H2,1H3,(H,31,33)/t16-,17+,18?. The number of halogens is 5. The summed E-state index contributed by atoms with van der Waals surface area (Å²) in [6, 6.07) is 2.86. The highest BCUT2D eigenvalue weighted by molar-refractivity contribution is 5.64. The smallest absolute Gasteiger partial charge is 0.381 e. The number of hydrogen-bond donors (Lipinski definition) is 1. The number of nitrogens with one attached hydrogen (secondary N) is 1. The normalized spacial score (nSPS) is 25.7. The lowest BCUT2D eigenvalue weighted by atomic mass is 10.00. The molecule has 5 nitrogen and oxygen atoms in total. The monoisotopic (exact) mass is 496 g/mol. The van der Waals surface area contributed by atoms with E-state index in [0.29, 0.717) is 23.3 Å². The van der Waals surface area contributed by atoms with Crippen LogP contribution in [0.5, 0.6) is 0 Å². The van der Waals surface area contributed by atoms with Crippen LogP contribution >= 0.6 is 0 Å². The molecule has 2 saturated heterocycles. The molecule has 1 saturated carbocycles. The van der Waals surface area contributed by atoms with Gasteiger partial charge in [-0.05, 0) is 74.1 Å². The molecule has 1 unspecified atom stereocenters. The molecule has 0 bridgehead atoms. The van der Waals surface area contributed by atoms with E-state index in [0.717, 1.165) is 70.7 Å². The van der Waals surface area contributed by atoms with Crippen LogP contribution in [0.1, 0.15) is 36.8 Å². The summed E-state index contributed by atoms with van der Waals surface area (Å²) in [6.45, 7) is 6.18. The van der Waals surface area contributed by atoms with Gasteiger partial charge in [0.25, 0.3) is 0 Å². The van der Waals surface area contributed by atoms with Crippen molar-refractivity contribution >= 4 is 5.82 Å². The number of aromatic nitrogens is 2. The molecule has 1 aliphatic carbocycles. The van der Waals surface area contributed by atoms with E-state index < -0.39 is 23.4 Å². The van der Waals surface area contributed by atoms with E-state index in [4.69, 9.17) is 4.74 Å². The lowest BCUT2D eigenvalue weighted by molar-refractivity contribution is -0.137. The highest BCUT2D eigenvalue weighted by Gasteiger charge is 2.43. The van der Waals surface area contributed by atoms with Crippen molar-refractivity contribution in [3.05, 3.63) is 41.0 Å². The quantitative estimate of drug-likeness (QED) is 0.570. The molecule has 0 spiro atoms. The van der Waals surface area contributed by atoms with Crippen molar-refractivity contribution in [2.75, 3.05) is 38.2 Å². The molecule has 5 rings (SSSR count). The van der Waals surface area contributed by atoms with Crippen molar-refractivity contribution in [1.29, 1.82) is 0 Å². The minimum absolute atomic E-state index is 0.135. The Labute approximate surface area is 201 Å². The Morgan fingerprint density at radius 2 is 1.71 bits per heavy atom. The first-order chi connectivity index (χ1) is 16.7. The van der Waals surface area contributed by atoms with E-state index in [1.807, 2.05) is 0 Å². The van der Waals surface area contributed by atoms with Crippen molar-refractivity contribution in [3.8, 4) is 11.3 Å². The van der Waals surface area contributed by atoms with Crippen LogP contribution in [0.3, 0.4) is 0 Å². The van der Waals surface area contributed by atoms with Crippen LogP contribution in [0, 0.1) is 36.3 Å². The third kappa shape index (κ3) is 5.28. The molecule has 1 N–H and O–H groups in total. The summed E-state index contributed by atoms with van der Waals surface area (Å²) in [5, 5.41) is 10.6. The van der Waals surface area contributed by atoms with Gasteiger partial charge in [0.2, 0.25) is 0 Å². The van der Waals surface area contributed by atoms with Crippen molar-refractivity contribution < 1.29 is 26.7 Å². The van der Waals surface area contributed by atoms with Crippen molar-refractivity contribution in [2.45, 2.75) is 44.8 Å². The van der Waals surface area contributed by atoms with E-state index in [1.165, 1.54) is 13.0 Å². The molecule has 2 aromatic rings. The molecule has 2 aliphatic heterocycles. The number of aryl methyl sites for hydroxylation is 1. The van der Waals surface area contributed by atoms with Crippen LogP contribution in [-0.2, 0) is 10.9 Å². The molecule has 3 atom stereocenters. The van der Waals surface area contributed by atoms with Crippen molar-refractivity contribution in [1.82, 2.24) is 15.1 Å². The average molecular weight is 497 g/mol. The fourth-order valence-corrected chi connectivity index (χ4v) is 5.91. The van der Waals surface area contributed by atoms with Crippen LogP contribution in [0.2, 0.25) is 0 Å². The summed E-state index contributed by atoms with van der Waals surface area (Å²) >= 11 is 0. The molecule has 1 aromatic carbocycles. The van der Waals surface area contributed by atoms with E-state index in [1.54, 1.807) is 0 Å². The summed E-state index contributed by atoms with van der Waals surface area (Å²) in [7, 11) is 0. The maximum absolute atomic E-state index is 14.3. The Hall–Kier alpha value is -2.33. The number of ether oxygens (including phenoxy) is 1. The second kappa shape index (κ2) is 9.61. The number of alkyl halides is 3. The fourth-order valence-electron chi connectivity index (χ4n) is 5.91. The minimum Gasteiger partial charge on any atom is -0.381 e. The number of hydrogen-bond acceptors (Lipinski definition) is 5. The minimum atomic E-state index is -4.72. The number of likely N-dealkylation sites (tertiary alicyclic amines) is 1. The highest BCUT2D eigenvalue weighted by atomic mass is 19.4. The molecule has 3 heterocycles. The van der Waals surface area contributed by atoms with Crippen molar-refractivity contribution in [2.24, 2.45) is 17.8 Å². The molecule has 1 aromatic heterocycles. The van der Waals surface area contributed by atoms with Crippen molar-refractivity contribution in [3.63, 3.8) is 0 Å². The van der Waals surface area contributed by atoms with Crippen LogP contribution in [0.4, 0.5) is 27.8 Å². The molecule has 0 radical (unpaired) electrons. The SMILES string of the molecule is Cc1cc(F)c(F)c(-c2cc(C(F)(F)F)c(NC3C[C@@H]4CN(CC5CCOCC5)C[C@@H]4C3)nn2)c1. The summed E-state index contributed by atoms with van der Waals surface area (Å²) in [5.41, 5.74) is -1.34. The Morgan fingerprint density at radius 3 is 2.37 bits per heavy atom. The topological polar surface area (TPSA) is 50.3 Å². The second-order valence-electron chi connectivity index (χ2n) is 10.2. The second-order valence-corrected chi connectivity index (χ2v) is 10.2. The van der Waals surface area contributed by atoms with Gasteiger partial charge < -0.3 is 15.0 Å². The number of anilines is 1. The number of rotatable bonds is 5. The zero-order chi connectivity index (χ0) is 24.7. The summed E-state index contributed by atoms with van der Waals surface area (Å²) < 4.78 is 75.2. The van der Waals surface area contributed by atoms with Gasteiger partial charge in [-0.3, -0.25) is 0 Å². The average Bonchev–Trinajstić information content (AvgIpc) is 3.34. The number of fused-ring (bicyclic) bond motifs is 1. The number of benzene rings is 1. The van der Waals surface area contributed by atoms with Gasteiger partial charge in [-0.15, -0.1) is 10.2 Å². The lowest BCUT2D eigenvalue weighted by Gasteiger charge is -2.28. The molecular formula is C25H29F5N4O. The zero-order valence-electron chi connectivity index (χ0n) is 19.5. The first-order valence-corrected chi connectivity index (χ1v) is 12.1. The molecule has 10 heteroatoms. The first kappa shape index (κ1) is 24.4. The summed E-state index contributed by atoms with van der Waals surface area (Å²) in [6.07, 6.45) is -1.00. The Bertz CT molecular complexity index is 1060. The maximum Gasteiger partial charge on any atom is 0.420 e. The summed E-state index contributed by atoms with van der Waals surface area (Å²) in [4.78, 5) is 2.49. The van der Waals surface area contributed by atoms with Gasteiger partial charge in [-0.2, -0.15) is 13.2 Å². The Morgan fingerprint density at radius 1 is 1.03 bits per heavy atom. The van der Waals surface area contributed by atoms with Gasteiger partial charge in [-0.25, -0.2) is 8.78 Å². The highest BCUT2D eigenvalue weighted by Crippen LogP contribution is 2.42. The molecule has 3 aliphatic rings. The third-order valence-electron chi connectivity index (χ3n) is 7.57. The number of nitrogens with zero attached hydrogens (tertiary/aromatic N) is 3. The third-order valence-corrected chi connectivity index (χ3v) is 7.57. The van der Waals surface area contributed by atoms with Crippen LogP contribution in [0.15, 0.2) is 18.2 Å². The van der Waals surface area contributed by atoms with Gasteiger partial charge in [0.05, 0.1) is 5.69 Å². The van der Waals surface area contributed by atoms with E-state index in [2.05, 4.69) is 20.4 Å². The molecule has 3 fully saturated rings. The Balaban J connectivity index is 1.28. The predicted octanol–water partition coefficient (Wildman–Crippen LogP) is 5.30. The fraction of sp³-hybridized carbons (Fsp3) is 0.600. The largest absolute Gasteiger partial charge is 0.420 e. The van der Waals surface area contributed by atoms with E-state index >= 15 is 0 Å². The van der Waals surface area contributed by atoms with Crippen LogP contribution < -0.4 is 5.32 Å². The Kier molecular flexibility index (Phi) is 6.69. The van der Waals surface area contributed by atoms with Gasteiger partial charge in [0.15, 0.2) is 17.5 Å². The molecular weight excluding hydrogens is 467 g/mol. The lowest BCUT2D eigenvalue weighted by Crippen LogP contribution is -2.32. The zero-order valence-corrected chi connectivity index (χ0v) is 19.5. The van der Waals surface area contributed by atoms with E-state index in [9.17, 15) is 22.0 Å². The molecule has 0 amide bonds. The molecule has 190 valence electrons.